The smallest absolute Gasteiger partial charge is 0.211 e. The second-order valence-electron chi connectivity index (χ2n) is 4.59. The predicted molar refractivity (Wildman–Crippen MR) is 77.4 cm³/mol. The van der Waals surface area contributed by atoms with Gasteiger partial charge in [0.25, 0.3) is 0 Å². The highest BCUT2D eigenvalue weighted by Gasteiger charge is 2.17. The monoisotopic (exact) mass is 317 g/mol. The number of carbonyl (C=O) groups is 1. The zero-order chi connectivity index (χ0) is 13.6. The summed E-state index contributed by atoms with van der Waals surface area (Å²) < 4.78 is 2.71. The number of hydrogen-bond acceptors (Lipinski definition) is 2. The van der Waals surface area contributed by atoms with Gasteiger partial charge in [0.2, 0.25) is 5.78 Å². The highest BCUT2D eigenvalue weighted by atomic mass is 79.9. The third-order valence-corrected chi connectivity index (χ3v) is 3.55. The number of ketones is 1. The second-order valence-corrected chi connectivity index (χ2v) is 5.51. The van der Waals surface area contributed by atoms with E-state index in [0.29, 0.717) is 11.3 Å². The first-order chi connectivity index (χ1) is 9.06. The summed E-state index contributed by atoms with van der Waals surface area (Å²) in [4.78, 5) is 19.9. The molecule has 3 aromatic rings. The van der Waals surface area contributed by atoms with E-state index in [0.717, 1.165) is 21.1 Å². The van der Waals surface area contributed by atoms with Crippen LogP contribution in [0.15, 0.2) is 35.2 Å². The molecule has 0 radical (unpaired) electrons. The van der Waals surface area contributed by atoms with Crippen LogP contribution in [0.2, 0.25) is 0 Å². The quantitative estimate of drug-likeness (QED) is 0.738. The maximum atomic E-state index is 12.6. The summed E-state index contributed by atoms with van der Waals surface area (Å²) in [5, 5.41) is 0.832. The normalized spacial score (nSPS) is 11.1. The van der Waals surface area contributed by atoms with E-state index in [1.54, 1.807) is 12.4 Å². The molecule has 0 atom stereocenters. The van der Waals surface area contributed by atoms with Gasteiger partial charge in [-0.05, 0) is 40.5 Å². The first kappa shape index (κ1) is 12.2. The number of fused-ring (bicyclic) bond motifs is 1. The summed E-state index contributed by atoms with van der Waals surface area (Å²) in [6.45, 7) is 1.98. The van der Waals surface area contributed by atoms with Crippen molar-refractivity contribution in [3.05, 3.63) is 52.0 Å². The van der Waals surface area contributed by atoms with Gasteiger partial charge >= 0.3 is 0 Å². The Balaban J connectivity index is 2.16. The van der Waals surface area contributed by atoms with Crippen LogP contribution in [0.3, 0.4) is 0 Å². The van der Waals surface area contributed by atoms with E-state index in [-0.39, 0.29) is 5.78 Å². The topological polar surface area (TPSA) is 50.7 Å². The summed E-state index contributed by atoms with van der Waals surface area (Å²) in [7, 11) is 1.88. The number of pyridine rings is 1. The Labute approximate surface area is 118 Å². The van der Waals surface area contributed by atoms with Gasteiger partial charge in [0.05, 0.1) is 11.3 Å². The van der Waals surface area contributed by atoms with Crippen molar-refractivity contribution in [2.45, 2.75) is 6.92 Å². The van der Waals surface area contributed by atoms with Crippen molar-refractivity contribution in [2.75, 3.05) is 0 Å². The fourth-order valence-corrected chi connectivity index (χ4v) is 2.59. The van der Waals surface area contributed by atoms with Crippen LogP contribution in [0.1, 0.15) is 21.6 Å². The molecule has 3 aromatic heterocycles. The standard InChI is InChI=1S/C14H12BrN3O/c1-8-3-12(18(2)7-8)13(19)11-6-17-14-10(11)4-9(15)5-16-14/h3-7H,1-2H3,(H,16,17). The minimum Gasteiger partial charge on any atom is -0.348 e. The van der Waals surface area contributed by atoms with Gasteiger partial charge in [-0.25, -0.2) is 4.98 Å². The molecule has 3 heterocycles. The number of nitrogens with zero attached hydrogens (tertiary/aromatic N) is 2. The van der Waals surface area contributed by atoms with Crippen LogP contribution in [0.4, 0.5) is 0 Å². The molecule has 0 saturated carbocycles. The molecule has 0 aliphatic carbocycles. The summed E-state index contributed by atoms with van der Waals surface area (Å²) in [6.07, 6.45) is 5.37. The van der Waals surface area contributed by atoms with Crippen LogP contribution in [0, 0.1) is 6.92 Å². The molecule has 0 unspecified atom stereocenters. The van der Waals surface area contributed by atoms with E-state index in [1.807, 2.05) is 36.9 Å². The first-order valence-electron chi connectivity index (χ1n) is 5.86. The number of nitrogens with one attached hydrogen (secondary N) is 1. The lowest BCUT2D eigenvalue weighted by Crippen LogP contribution is -2.06. The van der Waals surface area contributed by atoms with Crippen LogP contribution >= 0.6 is 15.9 Å². The molecule has 0 spiro atoms. The van der Waals surface area contributed by atoms with Crippen LogP contribution < -0.4 is 0 Å². The second kappa shape index (κ2) is 4.35. The molecule has 1 N–H and O–H groups in total. The summed E-state index contributed by atoms with van der Waals surface area (Å²) >= 11 is 3.38. The molecule has 5 heteroatoms. The molecule has 0 aliphatic rings. The van der Waals surface area contributed by atoms with E-state index < -0.39 is 0 Å². The van der Waals surface area contributed by atoms with Gasteiger partial charge in [-0.3, -0.25) is 4.79 Å². The average molecular weight is 318 g/mol. The number of aromatic nitrogens is 3. The highest BCUT2D eigenvalue weighted by Crippen LogP contribution is 2.23. The molecule has 0 fully saturated rings. The lowest BCUT2D eigenvalue weighted by Gasteiger charge is -2.01. The molecule has 4 nitrogen and oxygen atoms in total. The van der Waals surface area contributed by atoms with E-state index >= 15 is 0 Å². The van der Waals surface area contributed by atoms with Crippen molar-refractivity contribution in [1.29, 1.82) is 0 Å². The summed E-state index contributed by atoms with van der Waals surface area (Å²) in [5.41, 5.74) is 3.12. The van der Waals surface area contributed by atoms with Gasteiger partial charge in [-0.2, -0.15) is 0 Å². The molecule has 96 valence electrons. The Morgan fingerprint density at radius 3 is 2.89 bits per heavy atom. The van der Waals surface area contributed by atoms with Crippen LogP contribution in [0.5, 0.6) is 0 Å². The largest absolute Gasteiger partial charge is 0.348 e. The number of aromatic amines is 1. The third-order valence-electron chi connectivity index (χ3n) is 3.12. The molecule has 0 saturated heterocycles. The summed E-state index contributed by atoms with van der Waals surface area (Å²) in [5.74, 6) is 0.00162. The number of hydrogen-bond donors (Lipinski definition) is 1. The van der Waals surface area contributed by atoms with Crippen LogP contribution in [0.25, 0.3) is 11.0 Å². The highest BCUT2D eigenvalue weighted by molar-refractivity contribution is 9.10. The molecule has 0 aliphatic heterocycles. The molecule has 3 rings (SSSR count). The zero-order valence-corrected chi connectivity index (χ0v) is 12.2. The molecule has 19 heavy (non-hydrogen) atoms. The molecule has 0 aromatic carbocycles. The fourth-order valence-electron chi connectivity index (χ4n) is 2.26. The Kier molecular flexibility index (Phi) is 2.78. The van der Waals surface area contributed by atoms with Gasteiger partial charge in [0, 0.05) is 35.5 Å². The van der Waals surface area contributed by atoms with E-state index in [1.165, 1.54) is 0 Å². The Bertz CT molecular complexity index is 785. The van der Waals surface area contributed by atoms with Crippen molar-refractivity contribution in [1.82, 2.24) is 14.5 Å². The molecule has 0 bridgehead atoms. The van der Waals surface area contributed by atoms with Gasteiger partial charge < -0.3 is 9.55 Å². The van der Waals surface area contributed by atoms with E-state index in [4.69, 9.17) is 0 Å². The molecular weight excluding hydrogens is 306 g/mol. The van der Waals surface area contributed by atoms with Gasteiger partial charge in [-0.15, -0.1) is 0 Å². The first-order valence-corrected chi connectivity index (χ1v) is 6.66. The lowest BCUT2D eigenvalue weighted by atomic mass is 10.1. The van der Waals surface area contributed by atoms with Crippen LogP contribution in [-0.2, 0) is 7.05 Å². The SMILES string of the molecule is Cc1cc(C(=O)c2c[nH]c3ncc(Br)cc23)n(C)c1. The zero-order valence-electron chi connectivity index (χ0n) is 10.6. The van der Waals surface area contributed by atoms with Gasteiger partial charge in [0.1, 0.15) is 5.65 Å². The molecular formula is C14H12BrN3O. The van der Waals surface area contributed by atoms with E-state index in [9.17, 15) is 4.79 Å². The number of halogens is 1. The minimum atomic E-state index is 0.00162. The van der Waals surface area contributed by atoms with Gasteiger partial charge in [0.15, 0.2) is 0 Å². The molecule has 0 amide bonds. The van der Waals surface area contributed by atoms with Crippen molar-refractivity contribution >= 4 is 32.7 Å². The van der Waals surface area contributed by atoms with Crippen molar-refractivity contribution < 1.29 is 4.79 Å². The lowest BCUT2D eigenvalue weighted by molar-refractivity contribution is 0.103. The Hall–Kier alpha value is -1.88. The number of aryl methyl sites for hydroxylation is 2. The average Bonchev–Trinajstić information content (AvgIpc) is 2.91. The number of carbonyl (C=O) groups excluding carboxylic acids is 1. The number of H-pyrrole nitrogens is 1. The third kappa shape index (κ3) is 2.00. The fraction of sp³-hybridized carbons (Fsp3) is 0.143. The predicted octanol–water partition coefficient (Wildman–Crippen LogP) is 3.20. The van der Waals surface area contributed by atoms with Crippen molar-refractivity contribution in [2.24, 2.45) is 7.05 Å². The summed E-state index contributed by atoms with van der Waals surface area (Å²) in [6, 6.07) is 3.80. The van der Waals surface area contributed by atoms with Crippen molar-refractivity contribution in [3.8, 4) is 0 Å². The maximum Gasteiger partial charge on any atom is 0.211 e. The van der Waals surface area contributed by atoms with Crippen molar-refractivity contribution in [3.63, 3.8) is 0 Å². The van der Waals surface area contributed by atoms with Crippen LogP contribution in [-0.4, -0.2) is 20.3 Å². The van der Waals surface area contributed by atoms with E-state index in [2.05, 4.69) is 25.9 Å². The van der Waals surface area contributed by atoms with Gasteiger partial charge in [-0.1, -0.05) is 0 Å². The minimum absolute atomic E-state index is 0.00162. The Morgan fingerprint density at radius 1 is 1.42 bits per heavy atom. The number of rotatable bonds is 2. The Morgan fingerprint density at radius 2 is 2.21 bits per heavy atom. The maximum absolute atomic E-state index is 12.6.